The zero-order valence-electron chi connectivity index (χ0n) is 39.4. The standard InChI is InChI=1S/C48H98NO6P/c1-40-18-12-20-42(3)24-16-28-46(7)32-35-52-38-48(39-55-56(50,51)54-37-34-49(9,10)11)53-36-33-47(8)29-17-25-43(4)21-13-19-41(2)23-15-27-45(6)31-30-44(5)26-14-22-40/h40-48H,12-39H2,1-11H3/p+1/t40-,41+,42+,43+,44-,45+,46+,47+,48-/m0/s1. The molecular formula is C48H99NO6P+. The van der Waals surface area contributed by atoms with E-state index in [1.54, 1.807) is 0 Å². The molecule has 0 aliphatic carbocycles. The van der Waals surface area contributed by atoms with Gasteiger partial charge in [0.1, 0.15) is 25.9 Å². The fraction of sp³-hybridized carbons (Fsp3) is 1.00. The lowest BCUT2D eigenvalue weighted by molar-refractivity contribution is -0.870. The molecule has 336 valence electrons. The number of phosphoric ester groups is 1. The first kappa shape index (κ1) is 54.2. The van der Waals surface area contributed by atoms with E-state index in [0.29, 0.717) is 42.7 Å². The minimum Gasteiger partial charge on any atom is -0.606 e. The summed E-state index contributed by atoms with van der Waals surface area (Å²) in [4.78, 5) is 23.0. The normalized spacial score (nSPS) is 33.3. The van der Waals surface area contributed by atoms with Crippen molar-refractivity contribution in [1.29, 1.82) is 0 Å². The average Bonchev–Trinajstić information content (AvgIpc) is 3.10. The number of ether oxygens (including phenoxy) is 2. The van der Waals surface area contributed by atoms with Gasteiger partial charge in [-0.15, -0.1) is 0 Å². The number of nitrogens with zero attached hydrogens (tertiary/aromatic N) is 1. The van der Waals surface area contributed by atoms with Crippen molar-refractivity contribution >= 4 is 8.17 Å². The van der Waals surface area contributed by atoms with Crippen molar-refractivity contribution in [2.75, 3.05) is 60.7 Å². The molecule has 10 atom stereocenters. The maximum atomic E-state index is 12.6. The highest BCUT2D eigenvalue weighted by Crippen LogP contribution is 2.47. The summed E-state index contributed by atoms with van der Waals surface area (Å²) in [7, 11) is 1.90. The third-order valence-electron chi connectivity index (χ3n) is 13.0. The van der Waals surface area contributed by atoms with Crippen LogP contribution in [0.2, 0.25) is 0 Å². The minimum atomic E-state index is -4.17. The van der Waals surface area contributed by atoms with E-state index in [-0.39, 0.29) is 13.2 Å². The number of hydrogen-bond donors (Lipinski definition) is 1. The van der Waals surface area contributed by atoms with Gasteiger partial charge >= 0.3 is 8.17 Å². The SMILES string of the molecule is C[C@@H]1CCC[C@H](C)CCC[C@H](C)CC[C@H](C)CCC[C@H](C)CCC[C@@H](C)CCC[C@@H](C)CCO[C@H](CO[P+]([O-])(O)OCC[N+](C)(C)C)COCC[C@H](C)CCC1. The Hall–Kier alpha value is 0.150. The van der Waals surface area contributed by atoms with Crippen LogP contribution in [0, 0.1) is 47.3 Å². The van der Waals surface area contributed by atoms with Crippen molar-refractivity contribution in [2.24, 2.45) is 47.3 Å². The fourth-order valence-electron chi connectivity index (χ4n) is 8.34. The molecule has 1 fully saturated rings. The number of phosphoric acid groups is 1. The summed E-state index contributed by atoms with van der Waals surface area (Å²) in [6.07, 6.45) is 28.6. The van der Waals surface area contributed by atoms with Gasteiger partial charge < -0.3 is 18.9 Å². The van der Waals surface area contributed by atoms with E-state index in [4.69, 9.17) is 18.5 Å². The molecule has 1 aliphatic heterocycles. The third-order valence-corrected chi connectivity index (χ3v) is 14.0. The van der Waals surface area contributed by atoms with Crippen LogP contribution in [0.4, 0.5) is 0 Å². The molecule has 1 N–H and O–H groups in total. The molecule has 1 heterocycles. The molecule has 1 unspecified atom stereocenters. The smallest absolute Gasteiger partial charge is 0.377 e. The molecule has 0 spiro atoms. The van der Waals surface area contributed by atoms with Crippen LogP contribution in [0.15, 0.2) is 0 Å². The molecule has 1 aliphatic rings. The summed E-state index contributed by atoms with van der Waals surface area (Å²) < 4.78 is 23.7. The lowest BCUT2D eigenvalue weighted by Crippen LogP contribution is -2.38. The lowest BCUT2D eigenvalue weighted by Gasteiger charge is -2.26. The van der Waals surface area contributed by atoms with E-state index in [2.05, 4.69) is 55.4 Å². The van der Waals surface area contributed by atoms with Gasteiger partial charge in [0.2, 0.25) is 0 Å². The molecule has 56 heavy (non-hydrogen) atoms. The first-order valence-corrected chi connectivity index (χ1v) is 25.5. The predicted octanol–water partition coefficient (Wildman–Crippen LogP) is 12.8. The van der Waals surface area contributed by atoms with Gasteiger partial charge in [0.05, 0.1) is 27.7 Å². The van der Waals surface area contributed by atoms with Gasteiger partial charge in [0.15, 0.2) is 0 Å². The molecule has 1 saturated heterocycles. The fourth-order valence-corrected chi connectivity index (χ4v) is 9.08. The molecule has 0 amide bonds. The van der Waals surface area contributed by atoms with Gasteiger partial charge in [-0.05, 0) is 60.2 Å². The Morgan fingerprint density at radius 3 is 1.18 bits per heavy atom. The summed E-state index contributed by atoms with van der Waals surface area (Å²) in [6, 6.07) is 0. The molecule has 0 aromatic carbocycles. The second kappa shape index (κ2) is 31.9. The van der Waals surface area contributed by atoms with E-state index in [9.17, 15) is 9.79 Å². The van der Waals surface area contributed by atoms with E-state index in [1.807, 2.05) is 21.1 Å². The first-order valence-electron chi connectivity index (χ1n) is 24.1. The van der Waals surface area contributed by atoms with E-state index in [1.165, 1.54) is 128 Å². The van der Waals surface area contributed by atoms with Gasteiger partial charge in [0.25, 0.3) is 0 Å². The lowest BCUT2D eigenvalue weighted by atomic mass is 9.88. The molecule has 0 radical (unpaired) electrons. The zero-order valence-corrected chi connectivity index (χ0v) is 40.3. The molecule has 0 aromatic heterocycles. The van der Waals surface area contributed by atoms with Crippen LogP contribution in [0.25, 0.3) is 0 Å². The van der Waals surface area contributed by atoms with Crippen LogP contribution in [0.3, 0.4) is 0 Å². The Balaban J connectivity index is 2.68. The Labute approximate surface area is 350 Å². The summed E-state index contributed by atoms with van der Waals surface area (Å²) in [6.45, 7) is 21.9. The van der Waals surface area contributed by atoms with Gasteiger partial charge in [0, 0.05) is 13.2 Å². The maximum absolute atomic E-state index is 12.6. The number of hydrogen-bond acceptors (Lipinski definition) is 6. The Morgan fingerprint density at radius 1 is 0.500 bits per heavy atom. The largest absolute Gasteiger partial charge is 0.606 e. The molecule has 0 bridgehead atoms. The van der Waals surface area contributed by atoms with Crippen LogP contribution in [0.5, 0.6) is 0 Å². The second-order valence-electron chi connectivity index (χ2n) is 20.8. The summed E-state index contributed by atoms with van der Waals surface area (Å²) >= 11 is 0. The molecule has 1 rings (SSSR count). The van der Waals surface area contributed by atoms with Crippen molar-refractivity contribution < 1.29 is 32.8 Å². The van der Waals surface area contributed by atoms with Crippen molar-refractivity contribution in [2.45, 2.75) is 203 Å². The van der Waals surface area contributed by atoms with Crippen LogP contribution < -0.4 is 4.89 Å². The Kier molecular flexibility index (Phi) is 30.9. The van der Waals surface area contributed by atoms with Gasteiger partial charge in [-0.3, -0.25) is 0 Å². The predicted molar refractivity (Wildman–Crippen MR) is 239 cm³/mol. The first-order chi connectivity index (χ1) is 26.4. The second-order valence-corrected chi connectivity index (χ2v) is 22.2. The molecule has 7 nitrogen and oxygen atoms in total. The van der Waals surface area contributed by atoms with Crippen LogP contribution in [-0.2, 0) is 18.5 Å². The summed E-state index contributed by atoms with van der Waals surface area (Å²) in [5, 5.41) is 0. The third kappa shape index (κ3) is 32.9. The van der Waals surface area contributed by atoms with Gasteiger partial charge in [-0.1, -0.05) is 184 Å². The minimum absolute atomic E-state index is 0.0206. The zero-order chi connectivity index (χ0) is 41.8. The highest BCUT2D eigenvalue weighted by Gasteiger charge is 2.30. The number of likely N-dealkylation sites (N-methyl/N-ethyl adjacent to an activating group) is 1. The van der Waals surface area contributed by atoms with Crippen molar-refractivity contribution in [3.63, 3.8) is 0 Å². The van der Waals surface area contributed by atoms with Crippen molar-refractivity contribution in [1.82, 2.24) is 0 Å². The van der Waals surface area contributed by atoms with Gasteiger partial charge in [-0.25, -0.2) is 0 Å². The number of rotatable bonds is 7. The highest BCUT2D eigenvalue weighted by atomic mass is 31.2. The van der Waals surface area contributed by atoms with Crippen LogP contribution >= 0.6 is 8.17 Å². The highest BCUT2D eigenvalue weighted by molar-refractivity contribution is 7.52. The molecular weight excluding hydrogens is 718 g/mol. The Bertz CT molecular complexity index is 901. The van der Waals surface area contributed by atoms with E-state index < -0.39 is 14.3 Å². The maximum Gasteiger partial charge on any atom is 0.377 e. The number of quaternary nitrogens is 1. The molecule has 0 saturated carbocycles. The topological polar surface area (TPSA) is 80.2 Å². The monoisotopic (exact) mass is 817 g/mol. The molecule has 8 heteroatoms. The van der Waals surface area contributed by atoms with E-state index >= 15 is 0 Å². The van der Waals surface area contributed by atoms with Crippen molar-refractivity contribution in [3.8, 4) is 0 Å². The molecule has 0 aromatic rings. The van der Waals surface area contributed by atoms with Gasteiger partial charge in [-0.2, -0.15) is 13.9 Å². The van der Waals surface area contributed by atoms with Crippen LogP contribution in [-0.4, -0.2) is 76.2 Å². The quantitative estimate of drug-likeness (QED) is 0.204. The van der Waals surface area contributed by atoms with E-state index in [0.717, 1.165) is 48.3 Å². The van der Waals surface area contributed by atoms with Crippen molar-refractivity contribution in [3.05, 3.63) is 0 Å². The summed E-state index contributed by atoms with van der Waals surface area (Å²) in [5.41, 5.74) is 0. The Morgan fingerprint density at radius 2 is 0.821 bits per heavy atom. The summed E-state index contributed by atoms with van der Waals surface area (Å²) in [5.74, 6) is 6.23. The van der Waals surface area contributed by atoms with Crippen LogP contribution in [0.1, 0.15) is 197 Å². The average molecular weight is 817 g/mol.